The Labute approximate surface area is 117 Å². The molecule has 6 heteroatoms. The highest BCUT2D eigenvalue weighted by Crippen LogP contribution is 2.34. The second-order valence-electron chi connectivity index (χ2n) is 5.32. The lowest BCUT2D eigenvalue weighted by Crippen LogP contribution is -2.37. The average Bonchev–Trinajstić information content (AvgIpc) is 2.37. The van der Waals surface area contributed by atoms with Crippen LogP contribution in [-0.4, -0.2) is 23.9 Å². The molecule has 1 saturated heterocycles. The standard InChI is InChI=1S/C14H19N3O3/c1-10-4-2-6-12(14(10)17(19)20)16-7-3-5-11(9-16)8-13(15)18/h2,4,6,11H,3,5,7-9H2,1H3,(H2,15,18)/t11-/m1/s1. The highest BCUT2D eigenvalue weighted by Gasteiger charge is 2.27. The molecule has 1 aromatic rings. The molecule has 0 saturated carbocycles. The van der Waals surface area contributed by atoms with Crippen molar-refractivity contribution in [3.63, 3.8) is 0 Å². The summed E-state index contributed by atoms with van der Waals surface area (Å²) in [6.07, 6.45) is 2.21. The van der Waals surface area contributed by atoms with Crippen LogP contribution < -0.4 is 10.6 Å². The molecule has 1 heterocycles. The van der Waals surface area contributed by atoms with Crippen molar-refractivity contribution in [1.82, 2.24) is 0 Å². The number of nitro groups is 1. The quantitative estimate of drug-likeness (QED) is 0.673. The Hall–Kier alpha value is -2.11. The number of piperidine rings is 1. The summed E-state index contributed by atoms with van der Waals surface area (Å²) in [6.45, 7) is 3.17. The number of carbonyl (C=O) groups is 1. The van der Waals surface area contributed by atoms with Gasteiger partial charge in [0, 0.05) is 25.1 Å². The third-order valence-electron chi connectivity index (χ3n) is 3.75. The van der Waals surface area contributed by atoms with Crippen molar-refractivity contribution in [1.29, 1.82) is 0 Å². The van der Waals surface area contributed by atoms with Crippen LogP contribution in [0.5, 0.6) is 0 Å². The zero-order chi connectivity index (χ0) is 14.7. The van der Waals surface area contributed by atoms with E-state index < -0.39 is 0 Å². The van der Waals surface area contributed by atoms with Crippen LogP contribution in [-0.2, 0) is 4.79 Å². The lowest BCUT2D eigenvalue weighted by Gasteiger charge is -2.33. The molecule has 2 rings (SSSR count). The molecular weight excluding hydrogens is 258 g/mol. The van der Waals surface area contributed by atoms with Gasteiger partial charge in [0.1, 0.15) is 5.69 Å². The molecule has 20 heavy (non-hydrogen) atoms. The van der Waals surface area contributed by atoms with Gasteiger partial charge in [-0.3, -0.25) is 14.9 Å². The fourth-order valence-corrected chi connectivity index (χ4v) is 2.87. The number of anilines is 1. The second kappa shape index (κ2) is 5.90. The molecule has 2 N–H and O–H groups in total. The van der Waals surface area contributed by atoms with Crippen LogP contribution in [0.2, 0.25) is 0 Å². The topological polar surface area (TPSA) is 89.5 Å². The van der Waals surface area contributed by atoms with E-state index in [4.69, 9.17) is 5.73 Å². The summed E-state index contributed by atoms with van der Waals surface area (Å²) in [5.41, 5.74) is 6.70. The zero-order valence-electron chi connectivity index (χ0n) is 11.5. The molecule has 0 aliphatic carbocycles. The first-order chi connectivity index (χ1) is 9.49. The molecule has 0 bridgehead atoms. The Kier molecular flexibility index (Phi) is 4.22. The van der Waals surface area contributed by atoms with E-state index in [1.54, 1.807) is 19.1 Å². The number of nitrogens with zero attached hydrogens (tertiary/aromatic N) is 2. The van der Waals surface area contributed by atoms with E-state index >= 15 is 0 Å². The van der Waals surface area contributed by atoms with Crippen LogP contribution in [0.3, 0.4) is 0 Å². The van der Waals surface area contributed by atoms with Crippen LogP contribution in [0.4, 0.5) is 11.4 Å². The smallest absolute Gasteiger partial charge is 0.295 e. The van der Waals surface area contributed by atoms with Crippen LogP contribution in [0.15, 0.2) is 18.2 Å². The van der Waals surface area contributed by atoms with E-state index in [1.807, 2.05) is 11.0 Å². The van der Waals surface area contributed by atoms with E-state index in [0.717, 1.165) is 19.4 Å². The average molecular weight is 277 g/mol. The summed E-state index contributed by atoms with van der Waals surface area (Å²) < 4.78 is 0. The number of carbonyl (C=O) groups excluding carboxylic acids is 1. The lowest BCUT2D eigenvalue weighted by molar-refractivity contribution is -0.384. The molecule has 1 amide bonds. The number of rotatable bonds is 4. The van der Waals surface area contributed by atoms with E-state index in [1.165, 1.54) is 0 Å². The Balaban J connectivity index is 2.25. The minimum Gasteiger partial charge on any atom is -0.370 e. The van der Waals surface area contributed by atoms with Gasteiger partial charge >= 0.3 is 0 Å². The van der Waals surface area contributed by atoms with Crippen molar-refractivity contribution in [2.24, 2.45) is 11.7 Å². The molecule has 1 aliphatic rings. The number of benzene rings is 1. The van der Waals surface area contributed by atoms with E-state index in [0.29, 0.717) is 24.2 Å². The van der Waals surface area contributed by atoms with Gasteiger partial charge in [0.25, 0.3) is 5.69 Å². The van der Waals surface area contributed by atoms with Crippen molar-refractivity contribution in [2.45, 2.75) is 26.2 Å². The Morgan fingerprint density at radius 2 is 2.30 bits per heavy atom. The normalized spacial score (nSPS) is 18.9. The van der Waals surface area contributed by atoms with Crippen molar-refractivity contribution >= 4 is 17.3 Å². The van der Waals surface area contributed by atoms with Gasteiger partial charge in [-0.1, -0.05) is 12.1 Å². The van der Waals surface area contributed by atoms with Crippen LogP contribution in [0.25, 0.3) is 0 Å². The van der Waals surface area contributed by atoms with Crippen LogP contribution in [0, 0.1) is 23.0 Å². The van der Waals surface area contributed by atoms with E-state index in [2.05, 4.69) is 0 Å². The largest absolute Gasteiger partial charge is 0.370 e. The number of aryl methyl sites for hydroxylation is 1. The fourth-order valence-electron chi connectivity index (χ4n) is 2.87. The SMILES string of the molecule is Cc1cccc(N2CCC[C@H](CC(N)=O)C2)c1[N+](=O)[O-]. The zero-order valence-corrected chi connectivity index (χ0v) is 11.5. The van der Waals surface area contributed by atoms with E-state index in [9.17, 15) is 14.9 Å². The Morgan fingerprint density at radius 1 is 1.55 bits per heavy atom. The molecule has 1 aromatic carbocycles. The Morgan fingerprint density at radius 3 is 2.95 bits per heavy atom. The number of hydrogen-bond acceptors (Lipinski definition) is 4. The van der Waals surface area contributed by atoms with Crippen molar-refractivity contribution in [2.75, 3.05) is 18.0 Å². The summed E-state index contributed by atoms with van der Waals surface area (Å²) in [4.78, 5) is 24.0. The number of para-hydroxylation sites is 1. The van der Waals surface area contributed by atoms with E-state index in [-0.39, 0.29) is 22.4 Å². The Bertz CT molecular complexity index is 530. The molecule has 0 unspecified atom stereocenters. The molecule has 1 aliphatic heterocycles. The van der Waals surface area contributed by atoms with Gasteiger partial charge in [-0.15, -0.1) is 0 Å². The molecule has 0 radical (unpaired) electrons. The summed E-state index contributed by atoms with van der Waals surface area (Å²) >= 11 is 0. The van der Waals surface area contributed by atoms with Crippen molar-refractivity contribution in [3.8, 4) is 0 Å². The number of amides is 1. The molecule has 1 fully saturated rings. The minimum atomic E-state index is -0.331. The summed E-state index contributed by atoms with van der Waals surface area (Å²) in [5.74, 6) is -0.128. The maximum Gasteiger partial charge on any atom is 0.295 e. The molecule has 6 nitrogen and oxygen atoms in total. The molecular formula is C14H19N3O3. The summed E-state index contributed by atoms with van der Waals surface area (Å²) in [6, 6.07) is 5.35. The minimum absolute atomic E-state index is 0.159. The third-order valence-corrected chi connectivity index (χ3v) is 3.75. The highest BCUT2D eigenvalue weighted by atomic mass is 16.6. The highest BCUT2D eigenvalue weighted by molar-refractivity contribution is 5.74. The molecule has 108 valence electrons. The van der Waals surface area contributed by atoms with Crippen molar-refractivity contribution < 1.29 is 9.72 Å². The second-order valence-corrected chi connectivity index (χ2v) is 5.32. The number of hydrogen-bond donors (Lipinski definition) is 1. The maximum atomic E-state index is 11.2. The fraction of sp³-hybridized carbons (Fsp3) is 0.500. The molecule has 0 aromatic heterocycles. The van der Waals surface area contributed by atoms with Gasteiger partial charge < -0.3 is 10.6 Å². The number of primary amides is 1. The maximum absolute atomic E-state index is 11.2. The first-order valence-electron chi connectivity index (χ1n) is 6.76. The summed E-state index contributed by atoms with van der Waals surface area (Å²) in [5, 5.41) is 11.2. The molecule has 1 atom stereocenters. The van der Waals surface area contributed by atoms with Gasteiger partial charge in [-0.25, -0.2) is 0 Å². The number of nitro benzene ring substituents is 1. The van der Waals surface area contributed by atoms with Gasteiger partial charge in [-0.05, 0) is 31.7 Å². The van der Waals surface area contributed by atoms with Gasteiger partial charge in [0.05, 0.1) is 4.92 Å². The summed E-state index contributed by atoms with van der Waals surface area (Å²) in [7, 11) is 0. The number of nitrogens with two attached hydrogens (primary N) is 1. The first-order valence-corrected chi connectivity index (χ1v) is 6.76. The molecule has 0 spiro atoms. The lowest BCUT2D eigenvalue weighted by atomic mass is 9.94. The first kappa shape index (κ1) is 14.3. The van der Waals surface area contributed by atoms with Crippen molar-refractivity contribution in [3.05, 3.63) is 33.9 Å². The van der Waals surface area contributed by atoms with Gasteiger partial charge in [0.15, 0.2) is 0 Å². The monoisotopic (exact) mass is 277 g/mol. The predicted octanol–water partition coefficient (Wildman–Crippen LogP) is 2.00. The predicted molar refractivity (Wildman–Crippen MR) is 76.6 cm³/mol. The van der Waals surface area contributed by atoms with Crippen LogP contribution >= 0.6 is 0 Å². The van der Waals surface area contributed by atoms with Gasteiger partial charge in [-0.2, -0.15) is 0 Å². The third kappa shape index (κ3) is 3.07. The van der Waals surface area contributed by atoms with Gasteiger partial charge in [0.2, 0.25) is 5.91 Å². The van der Waals surface area contributed by atoms with Crippen LogP contribution in [0.1, 0.15) is 24.8 Å².